The molecule has 1 fully saturated rings. The first kappa shape index (κ1) is 12.0. The fraction of sp³-hybridized carbons (Fsp3) is 0.333. The molecule has 0 saturated heterocycles. The molecule has 1 aliphatic carbocycles. The van der Waals surface area contributed by atoms with E-state index >= 15 is 0 Å². The van der Waals surface area contributed by atoms with Gasteiger partial charge in [0.15, 0.2) is 0 Å². The number of aromatic nitrogens is 2. The SMILES string of the molecule is NC(=O)c1ccc2nc(C3(C(F)(F)F)CC3)[nH]c2c1. The summed E-state index contributed by atoms with van der Waals surface area (Å²) in [5.41, 5.74) is 4.30. The van der Waals surface area contributed by atoms with Gasteiger partial charge in [-0.3, -0.25) is 4.79 Å². The van der Waals surface area contributed by atoms with E-state index in [2.05, 4.69) is 9.97 Å². The van der Waals surface area contributed by atoms with Crippen LogP contribution in [0.25, 0.3) is 11.0 Å². The van der Waals surface area contributed by atoms with Gasteiger partial charge in [-0.2, -0.15) is 13.2 Å². The molecule has 0 atom stereocenters. The number of nitrogens with zero attached hydrogens (tertiary/aromatic N) is 1. The van der Waals surface area contributed by atoms with Crippen molar-refractivity contribution in [3.05, 3.63) is 29.6 Å². The van der Waals surface area contributed by atoms with E-state index in [0.29, 0.717) is 11.0 Å². The van der Waals surface area contributed by atoms with Gasteiger partial charge >= 0.3 is 6.18 Å². The van der Waals surface area contributed by atoms with E-state index in [4.69, 9.17) is 5.73 Å². The van der Waals surface area contributed by atoms with E-state index in [0.717, 1.165) is 0 Å². The first-order valence-corrected chi connectivity index (χ1v) is 5.70. The van der Waals surface area contributed by atoms with E-state index in [1.165, 1.54) is 18.2 Å². The number of alkyl halides is 3. The van der Waals surface area contributed by atoms with E-state index in [-0.39, 0.29) is 24.2 Å². The molecule has 0 bridgehead atoms. The number of amides is 1. The molecule has 1 aliphatic rings. The molecular formula is C12H10F3N3O. The van der Waals surface area contributed by atoms with Crippen molar-refractivity contribution in [1.29, 1.82) is 0 Å². The molecule has 3 rings (SSSR count). The zero-order valence-electron chi connectivity index (χ0n) is 9.71. The highest BCUT2D eigenvalue weighted by atomic mass is 19.4. The molecular weight excluding hydrogens is 259 g/mol. The van der Waals surface area contributed by atoms with Gasteiger partial charge in [-0.05, 0) is 31.0 Å². The zero-order valence-corrected chi connectivity index (χ0v) is 9.71. The van der Waals surface area contributed by atoms with E-state index in [9.17, 15) is 18.0 Å². The van der Waals surface area contributed by atoms with Crippen LogP contribution in [0.3, 0.4) is 0 Å². The third-order valence-corrected chi connectivity index (χ3v) is 3.51. The number of nitrogens with two attached hydrogens (primary N) is 1. The lowest BCUT2D eigenvalue weighted by Crippen LogP contribution is -2.29. The van der Waals surface area contributed by atoms with Gasteiger partial charge in [0.2, 0.25) is 5.91 Å². The van der Waals surface area contributed by atoms with E-state index in [1.807, 2.05) is 0 Å². The van der Waals surface area contributed by atoms with Crippen LogP contribution < -0.4 is 5.73 Å². The molecule has 100 valence electrons. The van der Waals surface area contributed by atoms with E-state index < -0.39 is 17.5 Å². The number of hydrogen-bond acceptors (Lipinski definition) is 2. The van der Waals surface area contributed by atoms with Crippen LogP contribution >= 0.6 is 0 Å². The second-order valence-electron chi connectivity index (χ2n) is 4.76. The fourth-order valence-corrected chi connectivity index (χ4v) is 2.17. The number of benzene rings is 1. The highest BCUT2D eigenvalue weighted by Crippen LogP contribution is 2.58. The number of fused-ring (bicyclic) bond motifs is 1. The molecule has 1 heterocycles. The van der Waals surface area contributed by atoms with Gasteiger partial charge in [0, 0.05) is 5.56 Å². The molecule has 4 nitrogen and oxygen atoms in total. The summed E-state index contributed by atoms with van der Waals surface area (Å²) >= 11 is 0. The van der Waals surface area contributed by atoms with Crippen LogP contribution in [0.5, 0.6) is 0 Å². The van der Waals surface area contributed by atoms with Gasteiger partial charge in [-0.25, -0.2) is 4.98 Å². The molecule has 0 unspecified atom stereocenters. The average molecular weight is 269 g/mol. The molecule has 0 spiro atoms. The topological polar surface area (TPSA) is 71.8 Å². The third-order valence-electron chi connectivity index (χ3n) is 3.51. The lowest BCUT2D eigenvalue weighted by atomic mass is 10.1. The number of aromatic amines is 1. The maximum absolute atomic E-state index is 13.0. The Bertz CT molecular complexity index is 670. The minimum Gasteiger partial charge on any atom is -0.366 e. The van der Waals surface area contributed by atoms with Gasteiger partial charge in [0.1, 0.15) is 11.2 Å². The second-order valence-corrected chi connectivity index (χ2v) is 4.76. The highest BCUT2D eigenvalue weighted by Gasteiger charge is 2.66. The largest absolute Gasteiger partial charge is 0.401 e. The molecule has 0 aliphatic heterocycles. The summed E-state index contributed by atoms with van der Waals surface area (Å²) in [5, 5.41) is 0. The molecule has 2 aromatic rings. The van der Waals surface area contributed by atoms with Crippen molar-refractivity contribution < 1.29 is 18.0 Å². The molecule has 1 aromatic heterocycles. The summed E-state index contributed by atoms with van der Waals surface area (Å²) in [4.78, 5) is 17.7. The Hall–Kier alpha value is -2.05. The Balaban J connectivity index is 2.10. The lowest BCUT2D eigenvalue weighted by Gasteiger charge is -2.16. The van der Waals surface area contributed by atoms with Crippen LogP contribution in [0.4, 0.5) is 13.2 Å². The van der Waals surface area contributed by atoms with Crippen molar-refractivity contribution in [2.75, 3.05) is 0 Å². The Labute approximate surface area is 105 Å². The minimum absolute atomic E-state index is 0.0407. The van der Waals surface area contributed by atoms with Gasteiger partial charge in [-0.15, -0.1) is 0 Å². The smallest absolute Gasteiger partial charge is 0.366 e. The summed E-state index contributed by atoms with van der Waals surface area (Å²) in [6, 6.07) is 4.35. The van der Waals surface area contributed by atoms with Crippen molar-refractivity contribution in [3.8, 4) is 0 Å². The quantitative estimate of drug-likeness (QED) is 0.877. The monoisotopic (exact) mass is 269 g/mol. The molecule has 0 radical (unpaired) electrons. The first-order valence-electron chi connectivity index (χ1n) is 5.70. The van der Waals surface area contributed by atoms with Crippen molar-refractivity contribution in [1.82, 2.24) is 9.97 Å². The molecule has 19 heavy (non-hydrogen) atoms. The van der Waals surface area contributed by atoms with Crippen LogP contribution in [0, 0.1) is 0 Å². The summed E-state index contributed by atoms with van der Waals surface area (Å²) < 4.78 is 39.0. The van der Waals surface area contributed by atoms with Crippen molar-refractivity contribution in [2.45, 2.75) is 24.4 Å². The number of nitrogens with one attached hydrogen (secondary N) is 1. The molecule has 7 heteroatoms. The zero-order chi connectivity index (χ0) is 13.8. The summed E-state index contributed by atoms with van der Waals surface area (Å²) in [7, 11) is 0. The number of hydrogen-bond donors (Lipinski definition) is 2. The first-order chi connectivity index (χ1) is 8.83. The normalized spacial score (nSPS) is 17.6. The standard InChI is InChI=1S/C12H10F3N3O/c13-12(14,15)11(3-4-11)10-17-7-2-1-6(9(16)19)5-8(7)18-10/h1-2,5H,3-4H2,(H2,16,19)(H,17,18). The number of rotatable bonds is 2. The third kappa shape index (κ3) is 1.68. The van der Waals surface area contributed by atoms with Crippen LogP contribution in [0.1, 0.15) is 29.0 Å². The number of halogens is 3. The number of carbonyl (C=O) groups is 1. The number of H-pyrrole nitrogens is 1. The predicted molar refractivity (Wildman–Crippen MR) is 61.6 cm³/mol. The number of imidazole rings is 1. The van der Waals surface area contributed by atoms with Crippen LogP contribution in [0.15, 0.2) is 18.2 Å². The van der Waals surface area contributed by atoms with Crippen molar-refractivity contribution in [2.24, 2.45) is 5.73 Å². The van der Waals surface area contributed by atoms with Gasteiger partial charge in [0.25, 0.3) is 0 Å². The molecule has 1 amide bonds. The second kappa shape index (κ2) is 3.49. The summed E-state index contributed by atoms with van der Waals surface area (Å²) in [6.07, 6.45) is -4.23. The van der Waals surface area contributed by atoms with Gasteiger partial charge < -0.3 is 10.7 Å². The van der Waals surface area contributed by atoms with Crippen LogP contribution in [0.2, 0.25) is 0 Å². The Morgan fingerprint density at radius 2 is 2.05 bits per heavy atom. The number of primary amides is 1. The van der Waals surface area contributed by atoms with Crippen LogP contribution in [-0.2, 0) is 5.41 Å². The number of carbonyl (C=O) groups excluding carboxylic acids is 1. The predicted octanol–water partition coefficient (Wildman–Crippen LogP) is 2.26. The molecule has 1 saturated carbocycles. The van der Waals surface area contributed by atoms with Crippen molar-refractivity contribution in [3.63, 3.8) is 0 Å². The Morgan fingerprint density at radius 1 is 1.37 bits per heavy atom. The highest BCUT2D eigenvalue weighted by molar-refractivity contribution is 5.96. The minimum atomic E-state index is -4.31. The van der Waals surface area contributed by atoms with Gasteiger partial charge in [0.05, 0.1) is 11.0 Å². The lowest BCUT2D eigenvalue weighted by molar-refractivity contribution is -0.162. The molecule has 3 N–H and O–H groups in total. The Kier molecular flexibility index (Phi) is 2.21. The summed E-state index contributed by atoms with van der Waals surface area (Å²) in [5.74, 6) is -0.716. The maximum Gasteiger partial charge on any atom is 0.401 e. The maximum atomic E-state index is 13.0. The Morgan fingerprint density at radius 3 is 2.58 bits per heavy atom. The van der Waals surface area contributed by atoms with Crippen LogP contribution in [-0.4, -0.2) is 22.1 Å². The molecule has 1 aromatic carbocycles. The van der Waals surface area contributed by atoms with E-state index in [1.54, 1.807) is 0 Å². The average Bonchev–Trinajstić information content (AvgIpc) is 3.03. The summed E-state index contributed by atoms with van der Waals surface area (Å²) in [6.45, 7) is 0. The fourth-order valence-electron chi connectivity index (χ4n) is 2.17. The van der Waals surface area contributed by atoms with Crippen molar-refractivity contribution >= 4 is 16.9 Å². The van der Waals surface area contributed by atoms with Gasteiger partial charge in [-0.1, -0.05) is 0 Å².